The lowest BCUT2D eigenvalue weighted by atomic mass is 10.2. The fourth-order valence-corrected chi connectivity index (χ4v) is 0.702. The first-order chi connectivity index (χ1) is 4.18. The van der Waals surface area contributed by atoms with Crippen LogP contribution in [-0.4, -0.2) is 16.5 Å². The minimum Gasteiger partial charge on any atom is -0.297 e. The topological polar surface area (TPSA) is 17.1 Å². The molecule has 0 N–H and O–H groups in total. The molecule has 54 valence electrons. The minimum atomic E-state index is -0.881. The quantitative estimate of drug-likeness (QED) is 0.621. The Hall–Kier alpha value is 0.540. The first-order valence-electron chi connectivity index (χ1n) is 2.55. The minimum absolute atomic E-state index is 0.154. The molecule has 0 rings (SSSR count). The highest BCUT2D eigenvalue weighted by Gasteiger charge is 2.09. The van der Waals surface area contributed by atoms with Crippen LogP contribution in [0.25, 0.3) is 0 Å². The molecule has 0 aliphatic heterocycles. The molecule has 0 radical (unpaired) electrons. The zero-order valence-corrected chi connectivity index (χ0v) is 7.01. The molecule has 0 heterocycles. The van der Waals surface area contributed by atoms with Crippen molar-refractivity contribution in [2.75, 3.05) is 5.88 Å². The molecule has 0 aromatic heterocycles. The summed E-state index contributed by atoms with van der Waals surface area (Å²) in [7, 11) is 0. The zero-order chi connectivity index (χ0) is 7.28. The van der Waals surface area contributed by atoms with Crippen molar-refractivity contribution in [3.8, 4) is 0 Å². The normalized spacial score (nSPS) is 10.2. The van der Waals surface area contributed by atoms with E-state index < -0.39 is 4.84 Å². The van der Waals surface area contributed by atoms with Gasteiger partial charge in [-0.05, 0) is 6.42 Å². The van der Waals surface area contributed by atoms with Crippen molar-refractivity contribution in [2.45, 2.75) is 17.7 Å². The summed E-state index contributed by atoms with van der Waals surface area (Å²) in [5.41, 5.74) is 0. The van der Waals surface area contributed by atoms with E-state index in [0.717, 1.165) is 0 Å². The zero-order valence-electron chi connectivity index (χ0n) is 4.74. The second kappa shape index (κ2) is 5.33. The SMILES string of the molecule is O=C(CCCCl)C(Cl)Cl. The monoisotopic (exact) mass is 188 g/mol. The van der Waals surface area contributed by atoms with Crippen molar-refractivity contribution in [1.82, 2.24) is 0 Å². The Morgan fingerprint density at radius 3 is 2.33 bits per heavy atom. The predicted octanol–water partition coefficient (Wildman–Crippen LogP) is 2.38. The Morgan fingerprint density at radius 2 is 2.00 bits per heavy atom. The van der Waals surface area contributed by atoms with E-state index in [-0.39, 0.29) is 5.78 Å². The van der Waals surface area contributed by atoms with Crippen molar-refractivity contribution in [3.05, 3.63) is 0 Å². The number of rotatable bonds is 4. The van der Waals surface area contributed by atoms with Gasteiger partial charge in [-0.1, -0.05) is 23.2 Å². The van der Waals surface area contributed by atoms with Gasteiger partial charge in [0.15, 0.2) is 10.6 Å². The third-order valence-corrected chi connectivity index (χ3v) is 1.55. The van der Waals surface area contributed by atoms with Crippen LogP contribution in [0.3, 0.4) is 0 Å². The van der Waals surface area contributed by atoms with Crippen LogP contribution in [-0.2, 0) is 4.79 Å². The number of carbonyl (C=O) groups is 1. The fraction of sp³-hybridized carbons (Fsp3) is 0.800. The summed E-state index contributed by atoms with van der Waals surface area (Å²) in [5.74, 6) is 0.325. The maximum Gasteiger partial charge on any atom is 0.165 e. The van der Waals surface area contributed by atoms with Crippen molar-refractivity contribution in [3.63, 3.8) is 0 Å². The van der Waals surface area contributed by atoms with E-state index in [2.05, 4.69) is 0 Å². The second-order valence-corrected chi connectivity index (χ2v) is 3.03. The molecule has 0 aromatic rings. The van der Waals surface area contributed by atoms with Gasteiger partial charge in [0.05, 0.1) is 0 Å². The van der Waals surface area contributed by atoms with Crippen molar-refractivity contribution in [2.24, 2.45) is 0 Å². The average Bonchev–Trinajstić information content (AvgIpc) is 1.82. The summed E-state index contributed by atoms with van der Waals surface area (Å²) < 4.78 is 0. The van der Waals surface area contributed by atoms with Gasteiger partial charge in [0.1, 0.15) is 0 Å². The standard InChI is InChI=1S/C5H7Cl3O/c6-3-1-2-4(9)5(7)8/h5H,1-3H2. The lowest BCUT2D eigenvalue weighted by Gasteiger charge is -1.96. The Kier molecular flexibility index (Phi) is 5.65. The van der Waals surface area contributed by atoms with Crippen LogP contribution in [0, 0.1) is 0 Å². The molecule has 0 aromatic carbocycles. The molecular weight excluding hydrogens is 182 g/mol. The smallest absolute Gasteiger partial charge is 0.165 e. The molecule has 0 fully saturated rings. The highest BCUT2D eigenvalue weighted by molar-refractivity contribution is 6.53. The molecule has 0 amide bonds. The molecule has 0 aliphatic rings. The lowest BCUT2D eigenvalue weighted by molar-refractivity contribution is -0.117. The number of hydrogen-bond donors (Lipinski definition) is 0. The number of ketones is 1. The van der Waals surface area contributed by atoms with Crippen LogP contribution in [0.5, 0.6) is 0 Å². The van der Waals surface area contributed by atoms with Gasteiger partial charge in [0, 0.05) is 12.3 Å². The molecule has 9 heavy (non-hydrogen) atoms. The van der Waals surface area contributed by atoms with E-state index in [0.29, 0.717) is 18.7 Å². The van der Waals surface area contributed by atoms with E-state index in [1.54, 1.807) is 0 Å². The predicted molar refractivity (Wildman–Crippen MR) is 40.5 cm³/mol. The maximum absolute atomic E-state index is 10.6. The van der Waals surface area contributed by atoms with Gasteiger partial charge in [-0.3, -0.25) is 4.79 Å². The second-order valence-electron chi connectivity index (χ2n) is 1.56. The van der Waals surface area contributed by atoms with Gasteiger partial charge in [-0.15, -0.1) is 11.6 Å². The van der Waals surface area contributed by atoms with E-state index in [9.17, 15) is 4.79 Å². The molecule has 0 spiro atoms. The van der Waals surface area contributed by atoms with Crippen LogP contribution in [0.15, 0.2) is 0 Å². The highest BCUT2D eigenvalue weighted by Crippen LogP contribution is 2.07. The number of alkyl halides is 3. The van der Waals surface area contributed by atoms with E-state index in [1.807, 2.05) is 0 Å². The first kappa shape index (κ1) is 9.54. The van der Waals surface area contributed by atoms with Crippen molar-refractivity contribution in [1.29, 1.82) is 0 Å². The number of halogens is 3. The molecule has 1 nitrogen and oxygen atoms in total. The molecular formula is C5H7Cl3O. The van der Waals surface area contributed by atoms with Crippen LogP contribution in [0.2, 0.25) is 0 Å². The lowest BCUT2D eigenvalue weighted by Crippen LogP contribution is -2.06. The number of carbonyl (C=O) groups excluding carboxylic acids is 1. The number of Topliss-reactive ketones (excluding diaryl/α,β-unsaturated/α-hetero) is 1. The van der Waals surface area contributed by atoms with Gasteiger partial charge >= 0.3 is 0 Å². The summed E-state index contributed by atoms with van der Waals surface area (Å²) in [6.45, 7) is 0. The third kappa shape index (κ3) is 5.01. The first-order valence-corrected chi connectivity index (χ1v) is 3.96. The summed E-state index contributed by atoms with van der Waals surface area (Å²) in [6.07, 6.45) is 1.03. The summed E-state index contributed by atoms with van der Waals surface area (Å²) in [4.78, 5) is 9.70. The van der Waals surface area contributed by atoms with E-state index in [4.69, 9.17) is 34.8 Å². The maximum atomic E-state index is 10.6. The molecule has 4 heteroatoms. The van der Waals surface area contributed by atoms with Gasteiger partial charge in [0.2, 0.25) is 0 Å². The molecule has 0 aliphatic carbocycles. The van der Waals surface area contributed by atoms with Gasteiger partial charge < -0.3 is 0 Å². The summed E-state index contributed by atoms with van der Waals surface area (Å²) in [5, 5.41) is 0. The molecule has 0 bridgehead atoms. The molecule has 0 atom stereocenters. The molecule has 0 saturated heterocycles. The van der Waals surface area contributed by atoms with Crippen LogP contribution in [0.4, 0.5) is 0 Å². The molecule has 0 saturated carbocycles. The van der Waals surface area contributed by atoms with Crippen LogP contribution < -0.4 is 0 Å². The van der Waals surface area contributed by atoms with Crippen LogP contribution >= 0.6 is 34.8 Å². The third-order valence-electron chi connectivity index (χ3n) is 0.800. The Morgan fingerprint density at radius 1 is 1.44 bits per heavy atom. The Bertz CT molecular complexity index is 92.2. The summed E-state index contributed by atoms with van der Waals surface area (Å²) in [6, 6.07) is 0. The van der Waals surface area contributed by atoms with E-state index in [1.165, 1.54) is 0 Å². The largest absolute Gasteiger partial charge is 0.297 e. The highest BCUT2D eigenvalue weighted by atomic mass is 35.5. The van der Waals surface area contributed by atoms with Crippen molar-refractivity contribution < 1.29 is 4.79 Å². The Balaban J connectivity index is 3.28. The van der Waals surface area contributed by atoms with Gasteiger partial charge in [0.25, 0.3) is 0 Å². The Labute approximate surface area is 69.3 Å². The summed E-state index contributed by atoms with van der Waals surface area (Å²) >= 11 is 15.8. The average molecular weight is 189 g/mol. The fourth-order valence-electron chi connectivity index (χ4n) is 0.350. The number of hydrogen-bond acceptors (Lipinski definition) is 1. The van der Waals surface area contributed by atoms with E-state index >= 15 is 0 Å². The van der Waals surface area contributed by atoms with Crippen molar-refractivity contribution >= 4 is 40.6 Å². The van der Waals surface area contributed by atoms with Gasteiger partial charge in [-0.2, -0.15) is 0 Å². The molecule has 0 unspecified atom stereocenters. The van der Waals surface area contributed by atoms with Gasteiger partial charge in [-0.25, -0.2) is 0 Å². The van der Waals surface area contributed by atoms with Crippen LogP contribution in [0.1, 0.15) is 12.8 Å².